The zero-order valence-electron chi connectivity index (χ0n) is 7.21. The monoisotopic (exact) mass is 239 g/mol. The molecule has 1 aromatic heterocycles. The Kier molecular flexibility index (Phi) is 3.52. The third-order valence-corrected chi connectivity index (χ3v) is 1.56. The zero-order valence-corrected chi connectivity index (χ0v) is 7.97. The standard InChI is InChI=1S/C8H5ClF3NO2/c9-6(14)5-2-1-3-13-7(5)15-4-8(10,11)12/h1-3H,4H2. The Labute approximate surface area is 87.8 Å². The number of hydrogen-bond acceptors (Lipinski definition) is 3. The average Bonchev–Trinajstić information content (AvgIpc) is 2.14. The third-order valence-electron chi connectivity index (χ3n) is 1.36. The first kappa shape index (κ1) is 11.8. The first-order valence-electron chi connectivity index (χ1n) is 3.74. The normalized spacial score (nSPS) is 11.2. The summed E-state index contributed by atoms with van der Waals surface area (Å²) in [6, 6.07) is 2.60. The Hall–Kier alpha value is -1.30. The first-order valence-corrected chi connectivity index (χ1v) is 4.12. The molecule has 15 heavy (non-hydrogen) atoms. The minimum atomic E-state index is -4.48. The van der Waals surface area contributed by atoms with Gasteiger partial charge < -0.3 is 4.74 Å². The Morgan fingerprint density at radius 3 is 2.73 bits per heavy atom. The highest BCUT2D eigenvalue weighted by Crippen LogP contribution is 2.20. The average molecular weight is 240 g/mol. The van der Waals surface area contributed by atoms with Crippen molar-refractivity contribution in [1.82, 2.24) is 4.98 Å². The smallest absolute Gasteiger partial charge is 0.422 e. The summed E-state index contributed by atoms with van der Waals surface area (Å²) in [7, 11) is 0. The highest BCUT2D eigenvalue weighted by atomic mass is 35.5. The van der Waals surface area contributed by atoms with Gasteiger partial charge in [0.2, 0.25) is 5.88 Å². The highest BCUT2D eigenvalue weighted by molar-refractivity contribution is 6.68. The van der Waals surface area contributed by atoms with Gasteiger partial charge in [0, 0.05) is 6.20 Å². The molecule has 7 heteroatoms. The van der Waals surface area contributed by atoms with E-state index in [1.165, 1.54) is 18.3 Å². The fourth-order valence-electron chi connectivity index (χ4n) is 0.806. The lowest BCUT2D eigenvalue weighted by Gasteiger charge is -2.09. The van der Waals surface area contributed by atoms with Crippen molar-refractivity contribution in [2.75, 3.05) is 6.61 Å². The number of rotatable bonds is 3. The molecule has 0 atom stereocenters. The second-order valence-electron chi connectivity index (χ2n) is 2.53. The van der Waals surface area contributed by atoms with Crippen molar-refractivity contribution in [3.63, 3.8) is 0 Å². The van der Waals surface area contributed by atoms with Gasteiger partial charge in [0.15, 0.2) is 6.61 Å². The van der Waals surface area contributed by atoms with Gasteiger partial charge in [-0.05, 0) is 23.7 Å². The van der Waals surface area contributed by atoms with Gasteiger partial charge in [0.1, 0.15) is 0 Å². The molecule has 0 aliphatic carbocycles. The molecular formula is C8H5ClF3NO2. The number of ether oxygens (including phenoxy) is 1. The first-order chi connectivity index (χ1) is 6.90. The van der Waals surface area contributed by atoms with E-state index in [9.17, 15) is 18.0 Å². The number of halogens is 4. The van der Waals surface area contributed by atoms with Crippen molar-refractivity contribution in [3.8, 4) is 5.88 Å². The SMILES string of the molecule is O=C(Cl)c1cccnc1OCC(F)(F)F. The number of alkyl halides is 3. The van der Waals surface area contributed by atoms with Gasteiger partial charge in [-0.2, -0.15) is 13.2 Å². The maximum Gasteiger partial charge on any atom is 0.422 e. The molecule has 0 radical (unpaired) electrons. The molecule has 0 aliphatic rings. The van der Waals surface area contributed by atoms with E-state index >= 15 is 0 Å². The number of pyridine rings is 1. The topological polar surface area (TPSA) is 39.2 Å². The summed E-state index contributed by atoms with van der Waals surface area (Å²) in [6.07, 6.45) is -3.28. The molecule has 0 saturated heterocycles. The van der Waals surface area contributed by atoms with E-state index in [1.54, 1.807) is 0 Å². The van der Waals surface area contributed by atoms with Crippen LogP contribution in [0.5, 0.6) is 5.88 Å². The molecule has 3 nitrogen and oxygen atoms in total. The number of carbonyl (C=O) groups is 1. The molecule has 0 amide bonds. The van der Waals surface area contributed by atoms with E-state index in [0.29, 0.717) is 0 Å². The van der Waals surface area contributed by atoms with Crippen molar-refractivity contribution >= 4 is 16.8 Å². The highest BCUT2D eigenvalue weighted by Gasteiger charge is 2.29. The van der Waals surface area contributed by atoms with Crippen LogP contribution in [0, 0.1) is 0 Å². The van der Waals surface area contributed by atoms with E-state index in [-0.39, 0.29) is 5.56 Å². The van der Waals surface area contributed by atoms with Gasteiger partial charge in [-0.25, -0.2) is 4.98 Å². The van der Waals surface area contributed by atoms with Gasteiger partial charge >= 0.3 is 6.18 Å². The molecule has 1 aromatic rings. The van der Waals surface area contributed by atoms with Crippen molar-refractivity contribution < 1.29 is 22.7 Å². The maximum absolute atomic E-state index is 11.8. The van der Waals surface area contributed by atoms with E-state index < -0.39 is 23.9 Å². The van der Waals surface area contributed by atoms with Crippen LogP contribution in [0.4, 0.5) is 13.2 Å². The van der Waals surface area contributed by atoms with Crippen molar-refractivity contribution in [1.29, 1.82) is 0 Å². The van der Waals surface area contributed by atoms with Gasteiger partial charge in [-0.1, -0.05) is 0 Å². The van der Waals surface area contributed by atoms with Crippen LogP contribution >= 0.6 is 11.6 Å². The maximum atomic E-state index is 11.8. The van der Waals surface area contributed by atoms with E-state index in [0.717, 1.165) is 0 Å². The molecule has 0 fully saturated rings. The lowest BCUT2D eigenvalue weighted by Crippen LogP contribution is -2.20. The predicted octanol–water partition coefficient (Wildman–Crippen LogP) is 2.40. The number of nitrogens with zero attached hydrogens (tertiary/aromatic N) is 1. The van der Waals surface area contributed by atoms with Gasteiger partial charge in [-0.3, -0.25) is 4.79 Å². The zero-order chi connectivity index (χ0) is 11.5. The van der Waals surface area contributed by atoms with E-state index in [2.05, 4.69) is 9.72 Å². The largest absolute Gasteiger partial charge is 0.467 e. The molecule has 82 valence electrons. The molecule has 1 heterocycles. The number of aromatic nitrogens is 1. The van der Waals surface area contributed by atoms with Crippen LogP contribution < -0.4 is 4.74 Å². The quantitative estimate of drug-likeness (QED) is 0.761. The van der Waals surface area contributed by atoms with Crippen LogP contribution in [-0.2, 0) is 0 Å². The summed E-state index contributed by atoms with van der Waals surface area (Å²) in [5.74, 6) is -0.421. The second-order valence-corrected chi connectivity index (χ2v) is 2.88. The summed E-state index contributed by atoms with van der Waals surface area (Å²) >= 11 is 5.12. The van der Waals surface area contributed by atoms with Crippen LogP contribution in [0.25, 0.3) is 0 Å². The van der Waals surface area contributed by atoms with Crippen LogP contribution in [0.3, 0.4) is 0 Å². The summed E-state index contributed by atoms with van der Waals surface area (Å²) in [5.41, 5.74) is -0.191. The van der Waals surface area contributed by atoms with Crippen LogP contribution in [-0.4, -0.2) is 23.0 Å². The van der Waals surface area contributed by atoms with Crippen LogP contribution in [0.1, 0.15) is 10.4 Å². The fourth-order valence-corrected chi connectivity index (χ4v) is 0.949. The second kappa shape index (κ2) is 4.48. The molecule has 0 N–H and O–H groups in total. The Morgan fingerprint density at radius 2 is 2.20 bits per heavy atom. The third kappa shape index (κ3) is 3.75. The van der Waals surface area contributed by atoms with Crippen LogP contribution in [0.15, 0.2) is 18.3 Å². The lowest BCUT2D eigenvalue weighted by atomic mass is 10.3. The molecule has 0 bridgehead atoms. The minimum absolute atomic E-state index is 0.191. The van der Waals surface area contributed by atoms with E-state index in [1.807, 2.05) is 0 Å². The van der Waals surface area contributed by atoms with Crippen molar-refractivity contribution in [3.05, 3.63) is 23.9 Å². The fraction of sp³-hybridized carbons (Fsp3) is 0.250. The Bertz CT molecular complexity index is 367. The summed E-state index contributed by atoms with van der Waals surface area (Å²) in [4.78, 5) is 14.2. The van der Waals surface area contributed by atoms with E-state index in [4.69, 9.17) is 11.6 Å². The summed E-state index contributed by atoms with van der Waals surface area (Å²) < 4.78 is 39.7. The Morgan fingerprint density at radius 1 is 1.53 bits per heavy atom. The van der Waals surface area contributed by atoms with Gasteiger partial charge in [0.05, 0.1) is 5.56 Å². The molecule has 0 saturated carbocycles. The van der Waals surface area contributed by atoms with Crippen LogP contribution in [0.2, 0.25) is 0 Å². The molecule has 0 aromatic carbocycles. The number of carbonyl (C=O) groups excluding carboxylic acids is 1. The van der Waals surface area contributed by atoms with Gasteiger partial charge in [-0.15, -0.1) is 0 Å². The van der Waals surface area contributed by atoms with Crippen molar-refractivity contribution in [2.45, 2.75) is 6.18 Å². The lowest BCUT2D eigenvalue weighted by molar-refractivity contribution is -0.154. The molecule has 0 unspecified atom stereocenters. The molecular weight excluding hydrogens is 235 g/mol. The Balaban J connectivity index is 2.81. The minimum Gasteiger partial charge on any atom is -0.467 e. The number of hydrogen-bond donors (Lipinski definition) is 0. The summed E-state index contributed by atoms with van der Waals surface area (Å²) in [5, 5.41) is -0.916. The predicted molar refractivity (Wildman–Crippen MR) is 46.0 cm³/mol. The molecule has 1 rings (SSSR count). The van der Waals surface area contributed by atoms with Gasteiger partial charge in [0.25, 0.3) is 5.24 Å². The molecule has 0 spiro atoms. The summed E-state index contributed by atoms with van der Waals surface area (Å²) in [6.45, 7) is -1.51. The molecule has 0 aliphatic heterocycles. The van der Waals surface area contributed by atoms with Crippen molar-refractivity contribution in [2.24, 2.45) is 0 Å².